The Kier molecular flexibility index (Phi) is 12.2. The van der Waals surface area contributed by atoms with Gasteiger partial charge in [-0.25, -0.2) is 4.98 Å². The standard InChI is InChI=1S/C31H44N4OS/c1-5-22-35-30(27-19-12-9-13-20-27)29(26-17-10-8-11-18-26)33-31(35)37-24-15-21-28(36)32-25(4)16-14-23-34(6-2)7-3/h8-13,17-20,25H,5-7,14-16,21-24H2,1-4H3,(H,32,36). The molecule has 0 saturated carbocycles. The number of rotatable bonds is 16. The first-order valence-corrected chi connectivity index (χ1v) is 14.9. The summed E-state index contributed by atoms with van der Waals surface area (Å²) < 4.78 is 2.36. The Morgan fingerprint density at radius 3 is 2.24 bits per heavy atom. The molecule has 0 aliphatic heterocycles. The minimum atomic E-state index is 0.155. The average molecular weight is 521 g/mol. The Bertz CT molecular complexity index is 1060. The summed E-state index contributed by atoms with van der Waals surface area (Å²) in [5.74, 6) is 1.02. The summed E-state index contributed by atoms with van der Waals surface area (Å²) in [5, 5.41) is 4.22. The third-order valence-corrected chi connectivity index (χ3v) is 7.73. The fraction of sp³-hybridized carbons (Fsp3) is 0.484. The van der Waals surface area contributed by atoms with Crippen LogP contribution in [0.1, 0.15) is 59.8 Å². The van der Waals surface area contributed by atoms with Crippen molar-refractivity contribution in [2.24, 2.45) is 0 Å². The van der Waals surface area contributed by atoms with Crippen LogP contribution >= 0.6 is 11.8 Å². The van der Waals surface area contributed by atoms with Crippen LogP contribution in [0.2, 0.25) is 0 Å². The highest BCUT2D eigenvalue weighted by Crippen LogP contribution is 2.36. The predicted octanol–water partition coefficient (Wildman–Crippen LogP) is 7.13. The molecule has 2 aromatic carbocycles. The van der Waals surface area contributed by atoms with Crippen LogP contribution in [0, 0.1) is 0 Å². The van der Waals surface area contributed by atoms with Gasteiger partial charge >= 0.3 is 0 Å². The summed E-state index contributed by atoms with van der Waals surface area (Å²) in [5.41, 5.74) is 4.52. The van der Waals surface area contributed by atoms with Crippen molar-refractivity contribution in [3.63, 3.8) is 0 Å². The predicted molar refractivity (Wildman–Crippen MR) is 158 cm³/mol. The molecule has 0 aliphatic carbocycles. The molecular formula is C31H44N4OS. The van der Waals surface area contributed by atoms with Crippen molar-refractivity contribution in [2.45, 2.75) is 77.5 Å². The number of carbonyl (C=O) groups is 1. The summed E-state index contributed by atoms with van der Waals surface area (Å²) in [4.78, 5) is 20.1. The number of nitrogens with zero attached hydrogens (tertiary/aromatic N) is 3. The molecule has 1 unspecified atom stereocenters. The van der Waals surface area contributed by atoms with E-state index in [0.717, 1.165) is 74.0 Å². The van der Waals surface area contributed by atoms with Gasteiger partial charge in [0.05, 0.1) is 11.4 Å². The van der Waals surface area contributed by atoms with Crippen LogP contribution in [-0.2, 0) is 11.3 Å². The van der Waals surface area contributed by atoms with Crippen molar-refractivity contribution in [3.05, 3.63) is 60.7 Å². The number of aromatic nitrogens is 2. The molecule has 0 fully saturated rings. The molecular weight excluding hydrogens is 476 g/mol. The van der Waals surface area contributed by atoms with Crippen LogP contribution in [0.25, 0.3) is 22.5 Å². The fourth-order valence-corrected chi connectivity index (χ4v) is 5.60. The largest absolute Gasteiger partial charge is 0.354 e. The lowest BCUT2D eigenvalue weighted by molar-refractivity contribution is -0.121. The van der Waals surface area contributed by atoms with Crippen molar-refractivity contribution in [2.75, 3.05) is 25.4 Å². The molecule has 1 N–H and O–H groups in total. The first kappa shape index (κ1) is 29.0. The van der Waals surface area contributed by atoms with Gasteiger partial charge in [0.1, 0.15) is 0 Å². The van der Waals surface area contributed by atoms with Gasteiger partial charge < -0.3 is 14.8 Å². The molecule has 0 spiro atoms. The number of benzene rings is 2. The van der Waals surface area contributed by atoms with E-state index in [1.165, 1.54) is 11.3 Å². The molecule has 0 aliphatic rings. The van der Waals surface area contributed by atoms with Crippen molar-refractivity contribution in [1.29, 1.82) is 0 Å². The van der Waals surface area contributed by atoms with Gasteiger partial charge in [-0.05, 0) is 52.2 Å². The number of thioether (sulfide) groups is 1. The minimum Gasteiger partial charge on any atom is -0.354 e. The Balaban J connectivity index is 1.60. The van der Waals surface area contributed by atoms with E-state index in [9.17, 15) is 4.79 Å². The lowest BCUT2D eigenvalue weighted by atomic mass is 10.0. The third-order valence-electron chi connectivity index (χ3n) is 6.67. The van der Waals surface area contributed by atoms with Crippen molar-refractivity contribution >= 4 is 17.7 Å². The van der Waals surface area contributed by atoms with Gasteiger partial charge in [0.2, 0.25) is 5.91 Å². The normalized spacial score (nSPS) is 12.1. The molecule has 0 saturated heterocycles. The maximum Gasteiger partial charge on any atom is 0.220 e. The Labute approximate surface area is 228 Å². The van der Waals surface area contributed by atoms with Crippen LogP contribution in [0.15, 0.2) is 65.8 Å². The molecule has 0 radical (unpaired) electrons. The number of nitrogens with one attached hydrogen (secondary N) is 1. The molecule has 1 atom stereocenters. The van der Waals surface area contributed by atoms with E-state index in [1.807, 2.05) is 6.07 Å². The second kappa shape index (κ2) is 15.6. The SMILES string of the molecule is CCCn1c(SCCCC(=O)NC(C)CCCN(CC)CC)nc(-c2ccccc2)c1-c1ccccc1. The van der Waals surface area contributed by atoms with Crippen molar-refractivity contribution in [3.8, 4) is 22.5 Å². The van der Waals surface area contributed by atoms with E-state index in [1.54, 1.807) is 11.8 Å². The van der Waals surface area contributed by atoms with Crippen molar-refractivity contribution < 1.29 is 4.79 Å². The molecule has 6 heteroatoms. The topological polar surface area (TPSA) is 50.2 Å². The van der Waals surface area contributed by atoms with E-state index in [0.29, 0.717) is 6.42 Å². The highest BCUT2D eigenvalue weighted by atomic mass is 32.2. The number of amides is 1. The molecule has 3 aromatic rings. The minimum absolute atomic E-state index is 0.155. The Morgan fingerprint density at radius 1 is 0.973 bits per heavy atom. The monoisotopic (exact) mass is 520 g/mol. The molecule has 37 heavy (non-hydrogen) atoms. The molecule has 1 heterocycles. The van der Waals surface area contributed by atoms with Crippen LogP contribution in [0.5, 0.6) is 0 Å². The van der Waals surface area contributed by atoms with Gasteiger partial charge in [-0.3, -0.25) is 4.79 Å². The average Bonchev–Trinajstić information content (AvgIpc) is 3.28. The maximum atomic E-state index is 12.5. The van der Waals surface area contributed by atoms with Crippen LogP contribution in [0.3, 0.4) is 0 Å². The molecule has 0 bridgehead atoms. The zero-order valence-corrected chi connectivity index (χ0v) is 23.9. The van der Waals surface area contributed by atoms with Crippen LogP contribution in [0.4, 0.5) is 0 Å². The number of hydrogen-bond acceptors (Lipinski definition) is 4. The zero-order chi connectivity index (χ0) is 26.5. The maximum absolute atomic E-state index is 12.5. The molecule has 5 nitrogen and oxygen atoms in total. The number of hydrogen-bond donors (Lipinski definition) is 1. The number of carbonyl (C=O) groups excluding carboxylic acids is 1. The van der Waals surface area contributed by atoms with Gasteiger partial charge in [0.15, 0.2) is 5.16 Å². The Hall–Kier alpha value is -2.57. The van der Waals surface area contributed by atoms with Gasteiger partial charge in [-0.2, -0.15) is 0 Å². The third kappa shape index (κ3) is 8.75. The number of imidazole rings is 1. The van der Waals surface area contributed by atoms with E-state index in [2.05, 4.69) is 97.1 Å². The van der Waals surface area contributed by atoms with Crippen LogP contribution < -0.4 is 5.32 Å². The van der Waals surface area contributed by atoms with E-state index in [-0.39, 0.29) is 11.9 Å². The van der Waals surface area contributed by atoms with Gasteiger partial charge in [-0.1, -0.05) is 93.2 Å². The molecule has 1 amide bonds. The summed E-state index contributed by atoms with van der Waals surface area (Å²) in [6.07, 6.45) is 4.57. The fourth-order valence-electron chi connectivity index (χ4n) is 4.64. The smallest absolute Gasteiger partial charge is 0.220 e. The lowest BCUT2D eigenvalue weighted by Crippen LogP contribution is -2.33. The summed E-state index contributed by atoms with van der Waals surface area (Å²) in [6, 6.07) is 21.2. The van der Waals surface area contributed by atoms with E-state index in [4.69, 9.17) is 4.98 Å². The van der Waals surface area contributed by atoms with Crippen molar-refractivity contribution in [1.82, 2.24) is 19.8 Å². The second-order valence-corrected chi connectivity index (χ2v) is 10.6. The summed E-state index contributed by atoms with van der Waals surface area (Å²) in [7, 11) is 0. The quantitative estimate of drug-likeness (QED) is 0.161. The first-order valence-electron chi connectivity index (χ1n) is 13.9. The lowest BCUT2D eigenvalue weighted by Gasteiger charge is -2.19. The second-order valence-electron chi connectivity index (χ2n) is 9.56. The zero-order valence-electron chi connectivity index (χ0n) is 23.1. The molecule has 200 valence electrons. The molecule has 3 rings (SSSR count). The van der Waals surface area contributed by atoms with E-state index >= 15 is 0 Å². The van der Waals surface area contributed by atoms with E-state index < -0.39 is 0 Å². The Morgan fingerprint density at radius 2 is 1.62 bits per heavy atom. The van der Waals surface area contributed by atoms with Gasteiger partial charge in [-0.15, -0.1) is 0 Å². The summed E-state index contributed by atoms with van der Waals surface area (Å²) in [6.45, 7) is 12.9. The highest BCUT2D eigenvalue weighted by molar-refractivity contribution is 7.99. The highest BCUT2D eigenvalue weighted by Gasteiger charge is 2.20. The summed E-state index contributed by atoms with van der Waals surface area (Å²) >= 11 is 1.76. The first-order chi connectivity index (χ1) is 18.1. The van der Waals surface area contributed by atoms with Gasteiger partial charge in [0.25, 0.3) is 0 Å². The molecule has 1 aromatic heterocycles. The van der Waals surface area contributed by atoms with Gasteiger partial charge in [0, 0.05) is 35.9 Å². The van der Waals surface area contributed by atoms with Crippen LogP contribution in [-0.4, -0.2) is 51.8 Å².